The van der Waals surface area contributed by atoms with E-state index < -0.39 is 31.5 Å². The van der Waals surface area contributed by atoms with Gasteiger partial charge in [0.25, 0.3) is 0 Å². The molecule has 1 aliphatic rings. The van der Waals surface area contributed by atoms with Gasteiger partial charge < -0.3 is 24.8 Å². The monoisotopic (exact) mass is 528 g/mol. The van der Waals surface area contributed by atoms with E-state index in [4.69, 9.17) is 17.0 Å². The second kappa shape index (κ2) is 10.3. The molecule has 3 rings (SSSR count). The molecule has 0 saturated heterocycles. The van der Waals surface area contributed by atoms with Crippen molar-refractivity contribution in [1.82, 2.24) is 0 Å². The number of hydrogen-bond acceptors (Lipinski definition) is 6. The summed E-state index contributed by atoms with van der Waals surface area (Å²) in [6.07, 6.45) is -6.91. The van der Waals surface area contributed by atoms with Gasteiger partial charge in [0.2, 0.25) is 0 Å². The number of fused-ring (bicyclic) bond motifs is 1. The predicted molar refractivity (Wildman–Crippen MR) is 117 cm³/mol. The van der Waals surface area contributed by atoms with Gasteiger partial charge in [0.1, 0.15) is 16.5 Å². The molecule has 0 fully saturated rings. The van der Waals surface area contributed by atoms with Gasteiger partial charge in [-0.15, -0.1) is 11.3 Å². The number of hydrogen-bond donors (Lipinski definition) is 2. The van der Waals surface area contributed by atoms with Crippen LogP contribution in [0.3, 0.4) is 0 Å². The van der Waals surface area contributed by atoms with Gasteiger partial charge >= 0.3 is 18.3 Å². The van der Waals surface area contributed by atoms with Crippen molar-refractivity contribution in [3.8, 4) is 11.5 Å². The minimum absolute atomic E-state index is 0.0121. The molecule has 6 nitrogen and oxygen atoms in total. The molecule has 0 atom stereocenters. The molecular weight excluding hydrogens is 510 g/mol. The Morgan fingerprint density at radius 1 is 1.00 bits per heavy atom. The van der Waals surface area contributed by atoms with E-state index in [1.807, 2.05) is 0 Å². The topological polar surface area (TPSA) is 68.8 Å². The zero-order chi connectivity index (χ0) is 25.1. The number of thiocarbonyl (C=S) groups is 1. The van der Waals surface area contributed by atoms with Crippen molar-refractivity contribution >= 4 is 45.3 Å². The lowest BCUT2D eigenvalue weighted by molar-refractivity contribution is -0.153. The second-order valence-electron chi connectivity index (χ2n) is 7.13. The number of rotatable bonds is 7. The summed E-state index contributed by atoms with van der Waals surface area (Å²) in [5, 5.41) is 5.89. The average Bonchev–Trinajstić information content (AvgIpc) is 3.30. The van der Waals surface area contributed by atoms with Gasteiger partial charge in [0, 0.05) is 28.8 Å². The fraction of sp³-hybridized carbons (Fsp3) is 0.400. The molecule has 1 heterocycles. The lowest BCUT2D eigenvalue weighted by Crippen LogP contribution is -2.22. The van der Waals surface area contributed by atoms with Crippen molar-refractivity contribution in [2.45, 2.75) is 31.6 Å². The van der Waals surface area contributed by atoms with Gasteiger partial charge in [-0.2, -0.15) is 26.3 Å². The quantitative estimate of drug-likeness (QED) is 0.271. The standard InChI is InChI=1S/C20H18F6N2O4S2/c1-30-17(29)15-13-3-2-4-14(13)34-16(15)28-18(33)27-10-5-11(31-8-19(21,22)23)7-12(6-10)32-9-20(24,25)26/h5-7H,2-4,8-9H2,1H3,(H2,27,28,33). The molecule has 0 bridgehead atoms. The van der Waals surface area contributed by atoms with Crippen LogP contribution in [-0.4, -0.2) is 43.8 Å². The maximum Gasteiger partial charge on any atom is 0.422 e. The predicted octanol–water partition coefficient (Wildman–Crippen LogP) is 5.71. The van der Waals surface area contributed by atoms with Crippen LogP contribution in [-0.2, 0) is 17.6 Å². The van der Waals surface area contributed by atoms with Gasteiger partial charge in [0.05, 0.1) is 12.7 Å². The van der Waals surface area contributed by atoms with Crippen molar-refractivity contribution in [3.63, 3.8) is 0 Å². The van der Waals surface area contributed by atoms with Gasteiger partial charge in [-0.25, -0.2) is 4.79 Å². The Labute approximate surface area is 199 Å². The zero-order valence-electron chi connectivity index (χ0n) is 17.5. The van der Waals surface area contributed by atoms with E-state index in [-0.39, 0.29) is 22.3 Å². The summed E-state index contributed by atoms with van der Waals surface area (Å²) in [6.45, 7) is -3.30. The van der Waals surface area contributed by atoms with Crippen LogP contribution >= 0.6 is 23.6 Å². The molecule has 0 radical (unpaired) electrons. The van der Waals surface area contributed by atoms with E-state index in [0.29, 0.717) is 17.0 Å². The lowest BCUT2D eigenvalue weighted by atomic mass is 10.1. The number of alkyl halides is 6. The smallest absolute Gasteiger partial charge is 0.422 e. The second-order valence-corrected chi connectivity index (χ2v) is 8.65. The van der Waals surface area contributed by atoms with Crippen LogP contribution in [0, 0.1) is 0 Å². The Morgan fingerprint density at radius 2 is 1.59 bits per heavy atom. The van der Waals surface area contributed by atoms with Crippen molar-refractivity contribution in [3.05, 3.63) is 34.2 Å². The molecule has 0 aliphatic heterocycles. The van der Waals surface area contributed by atoms with E-state index in [2.05, 4.69) is 20.1 Å². The Hall–Kier alpha value is -2.74. The third-order valence-electron chi connectivity index (χ3n) is 4.48. The number of aryl methyl sites for hydroxylation is 1. The minimum Gasteiger partial charge on any atom is -0.484 e. The van der Waals surface area contributed by atoms with Crippen LogP contribution in [0.5, 0.6) is 11.5 Å². The summed E-state index contributed by atoms with van der Waals surface area (Å²) in [4.78, 5) is 13.3. The Morgan fingerprint density at radius 3 is 2.12 bits per heavy atom. The maximum atomic E-state index is 12.5. The Balaban J connectivity index is 1.79. The van der Waals surface area contributed by atoms with E-state index in [0.717, 1.165) is 41.5 Å². The highest BCUT2D eigenvalue weighted by molar-refractivity contribution is 7.80. The summed E-state index contributed by atoms with van der Waals surface area (Å²) in [5.41, 5.74) is 1.23. The minimum atomic E-state index is -4.66. The summed E-state index contributed by atoms with van der Waals surface area (Å²) in [7, 11) is 1.25. The maximum absolute atomic E-state index is 12.5. The number of thiophene rings is 1. The van der Waals surface area contributed by atoms with Gasteiger partial charge in [-0.05, 0) is 37.0 Å². The molecule has 1 aromatic heterocycles. The first-order valence-corrected chi connectivity index (χ1v) is 10.9. The van der Waals surface area contributed by atoms with Crippen LogP contribution in [0.4, 0.5) is 37.0 Å². The van der Waals surface area contributed by atoms with Gasteiger partial charge in [0.15, 0.2) is 18.3 Å². The molecule has 34 heavy (non-hydrogen) atoms. The highest BCUT2D eigenvalue weighted by Gasteiger charge is 2.30. The highest BCUT2D eigenvalue weighted by atomic mass is 32.1. The van der Waals surface area contributed by atoms with Crippen LogP contribution in [0.15, 0.2) is 18.2 Å². The molecule has 0 amide bonds. The highest BCUT2D eigenvalue weighted by Crippen LogP contribution is 2.39. The van der Waals surface area contributed by atoms with Crippen molar-refractivity contribution < 1.29 is 45.3 Å². The van der Waals surface area contributed by atoms with Gasteiger partial charge in [-0.1, -0.05) is 0 Å². The largest absolute Gasteiger partial charge is 0.484 e. The molecule has 14 heteroatoms. The molecule has 186 valence electrons. The normalized spacial score (nSPS) is 13.3. The third kappa shape index (κ3) is 7.13. The number of nitrogens with one attached hydrogen (secondary N) is 2. The number of methoxy groups -OCH3 is 1. The molecule has 2 aromatic rings. The fourth-order valence-electron chi connectivity index (χ4n) is 3.22. The van der Waals surface area contributed by atoms with Crippen LogP contribution in [0.1, 0.15) is 27.2 Å². The number of benzene rings is 1. The SMILES string of the molecule is COC(=O)c1c(NC(=S)Nc2cc(OCC(F)(F)F)cc(OCC(F)(F)F)c2)sc2c1CCC2. The van der Waals surface area contributed by atoms with Crippen LogP contribution in [0.2, 0.25) is 0 Å². The summed E-state index contributed by atoms with van der Waals surface area (Å²) >= 11 is 6.55. The van der Waals surface area contributed by atoms with Crippen LogP contribution < -0.4 is 20.1 Å². The number of anilines is 2. The van der Waals surface area contributed by atoms with Crippen molar-refractivity contribution in [1.29, 1.82) is 0 Å². The molecule has 0 unspecified atom stereocenters. The van der Waals surface area contributed by atoms with E-state index in [1.165, 1.54) is 18.4 Å². The van der Waals surface area contributed by atoms with E-state index >= 15 is 0 Å². The average molecular weight is 528 g/mol. The van der Waals surface area contributed by atoms with Crippen molar-refractivity contribution in [2.75, 3.05) is 31.0 Å². The molecule has 0 spiro atoms. The number of carbonyl (C=O) groups excluding carboxylic acids is 1. The molecule has 1 aliphatic carbocycles. The number of halogens is 6. The Kier molecular flexibility index (Phi) is 7.81. The third-order valence-corrected chi connectivity index (χ3v) is 5.89. The summed E-state index contributed by atoms with van der Waals surface area (Å²) in [6, 6.07) is 3.14. The molecule has 0 saturated carbocycles. The lowest BCUT2D eigenvalue weighted by Gasteiger charge is -2.16. The molecule has 2 N–H and O–H groups in total. The first-order chi connectivity index (χ1) is 15.8. The van der Waals surface area contributed by atoms with E-state index in [9.17, 15) is 31.1 Å². The zero-order valence-corrected chi connectivity index (χ0v) is 19.1. The summed E-state index contributed by atoms with van der Waals surface area (Å²) < 4.78 is 89.2. The first-order valence-electron chi connectivity index (χ1n) is 9.69. The first kappa shape index (κ1) is 25.9. The number of carbonyl (C=O) groups is 1. The fourth-order valence-corrected chi connectivity index (χ4v) is 4.78. The summed E-state index contributed by atoms with van der Waals surface area (Å²) in [5.74, 6) is -1.31. The van der Waals surface area contributed by atoms with E-state index in [1.54, 1.807) is 0 Å². The van der Waals surface area contributed by atoms with Gasteiger partial charge in [-0.3, -0.25) is 0 Å². The Bertz CT molecular complexity index is 1030. The molecule has 1 aromatic carbocycles. The van der Waals surface area contributed by atoms with Crippen LogP contribution in [0.25, 0.3) is 0 Å². The number of ether oxygens (including phenoxy) is 3. The van der Waals surface area contributed by atoms with Crippen molar-refractivity contribution in [2.24, 2.45) is 0 Å². The number of esters is 1. The molecular formula is C20H18F6N2O4S2.